The summed E-state index contributed by atoms with van der Waals surface area (Å²) in [5.41, 5.74) is 6.48. The number of methoxy groups -OCH3 is 2. The van der Waals surface area contributed by atoms with Crippen LogP contribution in [-0.2, 0) is 4.74 Å². The Labute approximate surface area is 195 Å². The van der Waals surface area contributed by atoms with E-state index in [0.717, 1.165) is 53.2 Å². The molecule has 1 fully saturated rings. The van der Waals surface area contributed by atoms with Gasteiger partial charge in [0.25, 0.3) is 5.91 Å². The molecule has 2 aliphatic rings. The molecule has 2 aliphatic heterocycles. The highest BCUT2D eigenvalue weighted by Gasteiger charge is 2.29. The second kappa shape index (κ2) is 9.75. The van der Waals surface area contributed by atoms with Crippen LogP contribution in [-0.4, -0.2) is 67.8 Å². The van der Waals surface area contributed by atoms with Crippen LogP contribution < -0.4 is 9.47 Å². The molecule has 0 saturated carbocycles. The number of hydrogen-bond acceptors (Lipinski definition) is 5. The SMILES string of the molecule is C=C1c2[nH]c(C)cc2C(c2cc(OC)c(C(=O)N3CCOCC3)cc2OC)=CN1CCCC. The normalized spacial score (nSPS) is 15.9. The molecule has 33 heavy (non-hydrogen) atoms. The zero-order chi connectivity index (χ0) is 23.5. The Balaban J connectivity index is 1.81. The second-order valence-corrected chi connectivity index (χ2v) is 8.43. The summed E-state index contributed by atoms with van der Waals surface area (Å²) < 4.78 is 16.9. The van der Waals surface area contributed by atoms with Crippen LogP contribution in [0.2, 0.25) is 0 Å². The molecule has 7 nitrogen and oxygen atoms in total. The third-order valence-corrected chi connectivity index (χ3v) is 6.26. The van der Waals surface area contributed by atoms with Gasteiger partial charge in [0, 0.05) is 48.2 Å². The molecule has 2 aromatic rings. The fourth-order valence-electron chi connectivity index (χ4n) is 4.43. The highest BCUT2D eigenvalue weighted by atomic mass is 16.5. The lowest BCUT2D eigenvalue weighted by Gasteiger charge is -2.30. The molecule has 0 atom stereocenters. The number of hydrogen-bond donors (Lipinski definition) is 1. The first kappa shape index (κ1) is 23.0. The van der Waals surface area contributed by atoms with Crippen LogP contribution >= 0.6 is 0 Å². The van der Waals surface area contributed by atoms with Crippen LogP contribution in [0.15, 0.2) is 31.0 Å². The highest BCUT2D eigenvalue weighted by molar-refractivity contribution is 5.99. The van der Waals surface area contributed by atoms with Crippen molar-refractivity contribution in [2.75, 3.05) is 47.1 Å². The van der Waals surface area contributed by atoms with Gasteiger partial charge in [0.05, 0.1) is 44.4 Å². The number of ether oxygens (including phenoxy) is 3. The number of unbranched alkanes of at least 4 members (excludes halogenated alkanes) is 1. The molecule has 3 heterocycles. The first-order chi connectivity index (χ1) is 16.0. The average molecular weight is 452 g/mol. The fourth-order valence-corrected chi connectivity index (χ4v) is 4.43. The van der Waals surface area contributed by atoms with Crippen molar-refractivity contribution in [1.29, 1.82) is 0 Å². The van der Waals surface area contributed by atoms with Crippen molar-refractivity contribution < 1.29 is 19.0 Å². The standard InChI is InChI=1S/C26H33N3O4/c1-6-7-8-29-16-22(20-13-17(2)27-25(20)18(29)3)19-14-24(32-5)21(15-23(19)31-4)26(30)28-9-11-33-12-10-28/h13-16,27H,3,6-12H2,1-2,4-5H3. The summed E-state index contributed by atoms with van der Waals surface area (Å²) in [5, 5.41) is 0. The monoisotopic (exact) mass is 451 g/mol. The van der Waals surface area contributed by atoms with E-state index in [-0.39, 0.29) is 5.91 Å². The van der Waals surface area contributed by atoms with Gasteiger partial charge in [-0.25, -0.2) is 0 Å². The van der Waals surface area contributed by atoms with Gasteiger partial charge in [-0.2, -0.15) is 0 Å². The molecule has 1 aromatic heterocycles. The lowest BCUT2D eigenvalue weighted by Crippen LogP contribution is -2.40. The van der Waals surface area contributed by atoms with Crippen molar-refractivity contribution in [3.63, 3.8) is 0 Å². The molecule has 1 aromatic carbocycles. The van der Waals surface area contributed by atoms with Crippen LogP contribution in [0.4, 0.5) is 0 Å². The number of fused-ring (bicyclic) bond motifs is 1. The van der Waals surface area contributed by atoms with E-state index in [2.05, 4.69) is 35.7 Å². The molecule has 1 saturated heterocycles. The summed E-state index contributed by atoms with van der Waals surface area (Å²) in [7, 11) is 3.23. The number of rotatable bonds is 7. The first-order valence-electron chi connectivity index (χ1n) is 11.5. The number of aromatic amines is 1. The fraction of sp³-hybridized carbons (Fsp3) is 0.423. The average Bonchev–Trinajstić information content (AvgIpc) is 3.25. The molecule has 0 bridgehead atoms. The minimum Gasteiger partial charge on any atom is -0.496 e. The maximum Gasteiger partial charge on any atom is 0.257 e. The van der Waals surface area contributed by atoms with Gasteiger partial charge in [0.15, 0.2) is 0 Å². The van der Waals surface area contributed by atoms with Crippen LogP contribution in [0, 0.1) is 6.92 Å². The Kier molecular flexibility index (Phi) is 6.79. The smallest absolute Gasteiger partial charge is 0.257 e. The van der Waals surface area contributed by atoms with E-state index >= 15 is 0 Å². The lowest BCUT2D eigenvalue weighted by atomic mass is 9.92. The van der Waals surface area contributed by atoms with Gasteiger partial charge >= 0.3 is 0 Å². The van der Waals surface area contributed by atoms with E-state index in [1.54, 1.807) is 25.2 Å². The van der Waals surface area contributed by atoms with Gasteiger partial charge in [0.1, 0.15) is 11.5 Å². The summed E-state index contributed by atoms with van der Waals surface area (Å²) in [5.74, 6) is 1.08. The zero-order valence-electron chi connectivity index (χ0n) is 20.0. The summed E-state index contributed by atoms with van der Waals surface area (Å²) in [6.45, 7) is 11.7. The maximum atomic E-state index is 13.2. The summed E-state index contributed by atoms with van der Waals surface area (Å²) in [6.07, 6.45) is 4.29. The van der Waals surface area contributed by atoms with E-state index in [0.29, 0.717) is 43.4 Å². The molecular formula is C26H33N3O4. The van der Waals surface area contributed by atoms with Crippen molar-refractivity contribution in [3.05, 3.63) is 59.1 Å². The minimum absolute atomic E-state index is 0.0752. The number of morpholine rings is 1. The number of H-pyrrole nitrogens is 1. The lowest BCUT2D eigenvalue weighted by molar-refractivity contribution is 0.0300. The molecule has 0 unspecified atom stereocenters. The molecule has 1 amide bonds. The van der Waals surface area contributed by atoms with Crippen molar-refractivity contribution in [1.82, 2.24) is 14.8 Å². The molecule has 0 spiro atoms. The number of aromatic nitrogens is 1. The summed E-state index contributed by atoms with van der Waals surface area (Å²) in [6, 6.07) is 5.84. The van der Waals surface area contributed by atoms with Crippen molar-refractivity contribution in [3.8, 4) is 11.5 Å². The maximum absolute atomic E-state index is 13.2. The van der Waals surface area contributed by atoms with E-state index in [4.69, 9.17) is 14.2 Å². The third kappa shape index (κ3) is 4.37. The largest absolute Gasteiger partial charge is 0.496 e. The molecular weight excluding hydrogens is 418 g/mol. The summed E-state index contributed by atoms with van der Waals surface area (Å²) in [4.78, 5) is 20.7. The highest BCUT2D eigenvalue weighted by Crippen LogP contribution is 2.42. The Hall–Kier alpha value is -3.19. The number of nitrogens with zero attached hydrogens (tertiary/aromatic N) is 2. The Morgan fingerprint density at radius 1 is 1.12 bits per heavy atom. The minimum atomic E-state index is -0.0752. The van der Waals surface area contributed by atoms with E-state index < -0.39 is 0 Å². The van der Waals surface area contributed by atoms with Gasteiger partial charge in [-0.15, -0.1) is 0 Å². The molecule has 0 radical (unpaired) electrons. The predicted octanol–water partition coefficient (Wildman–Crippen LogP) is 4.29. The number of benzene rings is 1. The van der Waals surface area contributed by atoms with Gasteiger partial charge in [-0.1, -0.05) is 19.9 Å². The molecule has 7 heteroatoms. The van der Waals surface area contributed by atoms with E-state index in [1.165, 1.54) is 0 Å². The van der Waals surface area contributed by atoms with Crippen LogP contribution in [0.1, 0.15) is 52.6 Å². The van der Waals surface area contributed by atoms with Crippen LogP contribution in [0.25, 0.3) is 11.3 Å². The number of aryl methyl sites for hydroxylation is 1. The first-order valence-corrected chi connectivity index (χ1v) is 11.5. The van der Waals surface area contributed by atoms with Gasteiger partial charge in [-0.05, 0) is 31.5 Å². The quantitative estimate of drug-likeness (QED) is 0.680. The summed E-state index contributed by atoms with van der Waals surface area (Å²) >= 11 is 0. The van der Waals surface area contributed by atoms with Crippen molar-refractivity contribution >= 4 is 17.2 Å². The number of amides is 1. The number of carbonyl (C=O) groups is 1. The second-order valence-electron chi connectivity index (χ2n) is 8.43. The topological polar surface area (TPSA) is 67.0 Å². The Bertz CT molecular complexity index is 1080. The third-order valence-electron chi connectivity index (χ3n) is 6.26. The molecule has 176 valence electrons. The molecule has 1 N–H and O–H groups in total. The van der Waals surface area contributed by atoms with Crippen molar-refractivity contribution in [2.45, 2.75) is 26.7 Å². The Morgan fingerprint density at radius 3 is 2.52 bits per heavy atom. The number of carbonyl (C=O) groups excluding carboxylic acids is 1. The van der Waals surface area contributed by atoms with Gasteiger partial charge in [-0.3, -0.25) is 4.79 Å². The van der Waals surface area contributed by atoms with Gasteiger partial charge in [0.2, 0.25) is 0 Å². The van der Waals surface area contributed by atoms with E-state index in [1.807, 2.05) is 13.0 Å². The van der Waals surface area contributed by atoms with E-state index in [9.17, 15) is 4.79 Å². The Morgan fingerprint density at radius 2 is 1.85 bits per heavy atom. The van der Waals surface area contributed by atoms with Crippen LogP contribution in [0.5, 0.6) is 11.5 Å². The number of nitrogens with one attached hydrogen (secondary N) is 1. The predicted molar refractivity (Wildman–Crippen MR) is 130 cm³/mol. The van der Waals surface area contributed by atoms with Gasteiger partial charge < -0.3 is 29.0 Å². The van der Waals surface area contributed by atoms with Crippen molar-refractivity contribution in [2.24, 2.45) is 0 Å². The molecule has 4 rings (SSSR count). The molecule has 0 aliphatic carbocycles. The van der Waals surface area contributed by atoms with Crippen LogP contribution in [0.3, 0.4) is 0 Å². The zero-order valence-corrected chi connectivity index (χ0v) is 20.0.